The van der Waals surface area contributed by atoms with E-state index in [1.165, 1.54) is 6.07 Å². The number of furan rings is 1. The molecule has 124 valence electrons. The lowest BCUT2D eigenvalue weighted by Crippen LogP contribution is -2.23. The molecule has 0 unspecified atom stereocenters. The lowest BCUT2D eigenvalue weighted by Gasteiger charge is -2.33. The summed E-state index contributed by atoms with van der Waals surface area (Å²) in [7, 11) is -1.05. The molecule has 1 heterocycles. The molecule has 0 spiro atoms. The maximum absolute atomic E-state index is 11.3. The van der Waals surface area contributed by atoms with Crippen LogP contribution in [0.3, 0.4) is 0 Å². The molecule has 0 saturated carbocycles. The fraction of sp³-hybridized carbons (Fsp3) is 0.375. The first-order valence-corrected chi connectivity index (χ1v) is 8.86. The summed E-state index contributed by atoms with van der Waals surface area (Å²) < 4.78 is 16.4. The molecule has 0 aliphatic carbocycles. The van der Waals surface area contributed by atoms with Crippen LogP contribution in [0.15, 0.2) is 45.6 Å². The number of nitro benzene ring substituents is 1. The SMILES string of the molecule is CO[P@](=Nc1ccccc1[N+](=O)[O-])(c1ccc(C)o1)C(C)(C)C. The van der Waals surface area contributed by atoms with Crippen molar-refractivity contribution in [1.82, 2.24) is 0 Å². The van der Waals surface area contributed by atoms with E-state index in [1.807, 2.05) is 39.8 Å². The van der Waals surface area contributed by atoms with Crippen LogP contribution in [0.25, 0.3) is 0 Å². The molecule has 1 atom stereocenters. The summed E-state index contributed by atoms with van der Waals surface area (Å²) in [5.74, 6) is 0.753. The Labute approximate surface area is 135 Å². The lowest BCUT2D eigenvalue weighted by molar-refractivity contribution is -0.384. The zero-order chi connectivity index (χ0) is 17.3. The molecule has 2 aromatic rings. The summed E-state index contributed by atoms with van der Waals surface area (Å²) in [6.45, 7) is 7.85. The van der Waals surface area contributed by atoms with Gasteiger partial charge in [0, 0.05) is 18.3 Å². The standard InChI is InChI=1S/C16H21N2O4P/c1-12-10-11-15(22-12)23(21-5,16(2,3)4)17-13-8-6-7-9-14(13)18(19)20/h6-11H,1-5H3/t23-/m1/s1. The van der Waals surface area contributed by atoms with Crippen LogP contribution < -0.4 is 5.50 Å². The minimum absolute atomic E-state index is 0.0403. The molecule has 0 radical (unpaired) electrons. The highest BCUT2D eigenvalue weighted by molar-refractivity contribution is 7.70. The monoisotopic (exact) mass is 336 g/mol. The summed E-state index contributed by atoms with van der Waals surface area (Å²) in [4.78, 5) is 10.8. The molecule has 1 aromatic carbocycles. The molecule has 0 aliphatic heterocycles. The minimum atomic E-state index is -2.63. The van der Waals surface area contributed by atoms with Crippen LogP contribution in [0.4, 0.5) is 11.4 Å². The quantitative estimate of drug-likeness (QED) is 0.446. The fourth-order valence-electron chi connectivity index (χ4n) is 2.37. The van der Waals surface area contributed by atoms with Gasteiger partial charge in [-0.2, -0.15) is 0 Å². The zero-order valence-corrected chi connectivity index (χ0v) is 14.8. The van der Waals surface area contributed by atoms with Gasteiger partial charge in [-0.1, -0.05) is 32.9 Å². The van der Waals surface area contributed by atoms with Crippen LogP contribution in [0.2, 0.25) is 0 Å². The highest BCUT2D eigenvalue weighted by Gasteiger charge is 2.39. The van der Waals surface area contributed by atoms with E-state index in [0.717, 1.165) is 5.76 Å². The van der Waals surface area contributed by atoms with Crippen molar-refractivity contribution >= 4 is 24.2 Å². The molecule has 0 aliphatic rings. The maximum Gasteiger partial charge on any atom is 0.294 e. The molecule has 23 heavy (non-hydrogen) atoms. The molecule has 2 rings (SSSR count). The van der Waals surface area contributed by atoms with E-state index in [-0.39, 0.29) is 10.8 Å². The van der Waals surface area contributed by atoms with Gasteiger partial charge in [-0.05, 0) is 25.1 Å². The number of rotatable bonds is 4. The lowest BCUT2D eigenvalue weighted by atomic mass is 10.3. The number of hydrogen-bond acceptors (Lipinski definition) is 5. The van der Waals surface area contributed by atoms with Gasteiger partial charge >= 0.3 is 0 Å². The highest BCUT2D eigenvalue weighted by Crippen LogP contribution is 2.62. The Balaban J connectivity index is 2.81. The van der Waals surface area contributed by atoms with Crippen molar-refractivity contribution in [3.8, 4) is 0 Å². The molecule has 6 nitrogen and oxygen atoms in total. The molecule has 7 heteroatoms. The predicted octanol–water partition coefficient (Wildman–Crippen LogP) is 5.01. The van der Waals surface area contributed by atoms with Crippen LogP contribution in [0.1, 0.15) is 26.5 Å². The van der Waals surface area contributed by atoms with Gasteiger partial charge in [0.1, 0.15) is 11.4 Å². The predicted molar refractivity (Wildman–Crippen MR) is 91.9 cm³/mol. The van der Waals surface area contributed by atoms with Gasteiger partial charge in [0.15, 0.2) is 12.8 Å². The average Bonchev–Trinajstić information content (AvgIpc) is 2.90. The van der Waals surface area contributed by atoms with Gasteiger partial charge in [0.2, 0.25) is 0 Å². The van der Waals surface area contributed by atoms with Crippen molar-refractivity contribution in [2.75, 3.05) is 7.11 Å². The number of nitro groups is 1. The van der Waals surface area contributed by atoms with Crippen LogP contribution in [-0.2, 0) is 4.52 Å². The Morgan fingerprint density at radius 1 is 1.22 bits per heavy atom. The van der Waals surface area contributed by atoms with Crippen molar-refractivity contribution in [1.29, 1.82) is 0 Å². The summed E-state index contributed by atoms with van der Waals surface area (Å²) in [6, 6.07) is 10.1. The molecule has 0 amide bonds. The van der Waals surface area contributed by atoms with E-state index in [4.69, 9.17) is 13.7 Å². The first-order valence-electron chi connectivity index (χ1n) is 7.20. The van der Waals surface area contributed by atoms with Gasteiger partial charge < -0.3 is 8.94 Å². The summed E-state index contributed by atoms with van der Waals surface area (Å²) in [5, 5.41) is 10.9. The number of para-hydroxylation sites is 1. The normalized spacial score (nSPS) is 14.3. The summed E-state index contributed by atoms with van der Waals surface area (Å²) in [5.41, 5.74) is 0.890. The van der Waals surface area contributed by atoms with Gasteiger partial charge in [0.05, 0.1) is 4.92 Å². The maximum atomic E-state index is 11.3. The van der Waals surface area contributed by atoms with Crippen molar-refractivity contribution in [2.45, 2.75) is 32.9 Å². The summed E-state index contributed by atoms with van der Waals surface area (Å²) >= 11 is 0. The highest BCUT2D eigenvalue weighted by atomic mass is 31.2. The third-order valence-electron chi connectivity index (χ3n) is 3.53. The van der Waals surface area contributed by atoms with E-state index >= 15 is 0 Å². The Morgan fingerprint density at radius 2 is 1.87 bits per heavy atom. The smallest absolute Gasteiger partial charge is 0.294 e. The first kappa shape index (κ1) is 17.4. The van der Waals surface area contributed by atoms with E-state index < -0.39 is 12.2 Å². The number of aryl methyl sites for hydroxylation is 1. The second-order valence-corrected chi connectivity index (χ2v) is 9.66. The minimum Gasteiger partial charge on any atom is -0.458 e. The van der Waals surface area contributed by atoms with Gasteiger partial charge in [0.25, 0.3) is 5.69 Å². The van der Waals surface area contributed by atoms with Crippen LogP contribution in [0, 0.1) is 17.0 Å². The van der Waals surface area contributed by atoms with Crippen LogP contribution in [0.5, 0.6) is 0 Å². The number of benzene rings is 1. The zero-order valence-electron chi connectivity index (χ0n) is 13.9. The Kier molecular flexibility index (Phi) is 4.78. The largest absolute Gasteiger partial charge is 0.458 e. The van der Waals surface area contributed by atoms with Crippen molar-refractivity contribution in [3.63, 3.8) is 0 Å². The molecule has 0 saturated heterocycles. The van der Waals surface area contributed by atoms with E-state index in [2.05, 4.69) is 0 Å². The Hall–Kier alpha value is -1.91. The summed E-state index contributed by atoms with van der Waals surface area (Å²) in [6.07, 6.45) is 0. The van der Waals surface area contributed by atoms with E-state index in [9.17, 15) is 10.1 Å². The topological polar surface area (TPSA) is 77.9 Å². The van der Waals surface area contributed by atoms with Crippen molar-refractivity contribution in [2.24, 2.45) is 4.74 Å². The second kappa shape index (κ2) is 6.30. The molecule has 1 aromatic heterocycles. The average molecular weight is 336 g/mol. The molecular formula is C16H21N2O4P. The molecule has 0 N–H and O–H groups in total. The number of nitrogens with zero attached hydrogens (tertiary/aromatic N) is 2. The molecular weight excluding hydrogens is 315 g/mol. The Morgan fingerprint density at radius 3 is 2.35 bits per heavy atom. The van der Waals surface area contributed by atoms with Gasteiger partial charge in [-0.25, -0.2) is 4.74 Å². The second-order valence-electron chi connectivity index (χ2n) is 6.16. The van der Waals surface area contributed by atoms with Crippen molar-refractivity contribution < 1.29 is 13.9 Å². The first-order chi connectivity index (χ1) is 10.7. The van der Waals surface area contributed by atoms with Crippen LogP contribution >= 0.6 is 7.28 Å². The van der Waals surface area contributed by atoms with Gasteiger partial charge in [-0.3, -0.25) is 10.1 Å². The van der Waals surface area contributed by atoms with E-state index in [0.29, 0.717) is 11.2 Å². The van der Waals surface area contributed by atoms with Crippen molar-refractivity contribution in [3.05, 3.63) is 52.3 Å². The molecule has 0 fully saturated rings. The third-order valence-corrected chi connectivity index (χ3v) is 7.21. The molecule has 0 bridgehead atoms. The fourth-order valence-corrected chi connectivity index (χ4v) is 5.26. The van der Waals surface area contributed by atoms with E-state index in [1.54, 1.807) is 25.3 Å². The Bertz CT molecular complexity index is 774. The van der Waals surface area contributed by atoms with Crippen LogP contribution in [-0.4, -0.2) is 17.2 Å². The van der Waals surface area contributed by atoms with Gasteiger partial charge in [-0.15, -0.1) is 0 Å². The third kappa shape index (κ3) is 3.23. The number of hydrogen-bond donors (Lipinski definition) is 0.